The van der Waals surface area contributed by atoms with Crippen LogP contribution in [0.4, 0.5) is 8.78 Å². The van der Waals surface area contributed by atoms with Crippen molar-refractivity contribution in [2.45, 2.75) is 18.7 Å². The summed E-state index contributed by atoms with van der Waals surface area (Å²) < 4.78 is 25.9. The molecule has 1 fully saturated rings. The number of hydrogen-bond donors (Lipinski definition) is 0. The number of halogens is 3. The number of hydrogen-bond acceptors (Lipinski definition) is 1. The molecular formula is C13H14ClF2NO. The zero-order valence-corrected chi connectivity index (χ0v) is 10.8. The summed E-state index contributed by atoms with van der Waals surface area (Å²) in [5.41, 5.74) is 0.175. The van der Waals surface area contributed by atoms with Gasteiger partial charge in [-0.15, -0.1) is 11.6 Å². The molecular weight excluding hydrogens is 260 g/mol. The first-order valence-corrected chi connectivity index (χ1v) is 6.31. The standard InChI is InChI=1S/C13H14ClF2NO/c1-8-7-17(5-4-10(8)14)13(18)9-2-3-11(15)12(16)6-9/h2-3,6,8,10H,4-5,7H2,1H3. The zero-order valence-electron chi connectivity index (χ0n) is 10.00. The lowest BCUT2D eigenvalue weighted by Crippen LogP contribution is -2.43. The van der Waals surface area contributed by atoms with Crippen LogP contribution in [0.3, 0.4) is 0 Å². The molecule has 0 bridgehead atoms. The number of alkyl halides is 1. The number of rotatable bonds is 1. The van der Waals surface area contributed by atoms with E-state index in [9.17, 15) is 13.6 Å². The van der Waals surface area contributed by atoms with Crippen molar-refractivity contribution in [2.24, 2.45) is 5.92 Å². The van der Waals surface area contributed by atoms with Gasteiger partial charge in [0.15, 0.2) is 11.6 Å². The number of likely N-dealkylation sites (tertiary alicyclic amines) is 1. The number of nitrogens with zero attached hydrogens (tertiary/aromatic N) is 1. The molecule has 5 heteroatoms. The van der Waals surface area contributed by atoms with Gasteiger partial charge >= 0.3 is 0 Å². The third-order valence-corrected chi connectivity index (χ3v) is 3.90. The molecule has 0 radical (unpaired) electrons. The van der Waals surface area contributed by atoms with Crippen molar-refractivity contribution in [3.8, 4) is 0 Å². The van der Waals surface area contributed by atoms with Gasteiger partial charge in [0.2, 0.25) is 0 Å². The van der Waals surface area contributed by atoms with E-state index >= 15 is 0 Å². The van der Waals surface area contributed by atoms with Crippen molar-refractivity contribution in [1.29, 1.82) is 0 Å². The summed E-state index contributed by atoms with van der Waals surface area (Å²) in [4.78, 5) is 13.7. The van der Waals surface area contributed by atoms with Gasteiger partial charge < -0.3 is 4.90 Å². The van der Waals surface area contributed by atoms with Crippen LogP contribution in [-0.2, 0) is 0 Å². The van der Waals surface area contributed by atoms with Crippen LogP contribution in [-0.4, -0.2) is 29.3 Å². The van der Waals surface area contributed by atoms with Crippen LogP contribution in [0.1, 0.15) is 23.7 Å². The van der Waals surface area contributed by atoms with Crippen LogP contribution in [0.25, 0.3) is 0 Å². The Labute approximate surface area is 110 Å². The number of carbonyl (C=O) groups excluding carboxylic acids is 1. The van der Waals surface area contributed by atoms with Crippen LogP contribution in [0.15, 0.2) is 18.2 Å². The molecule has 2 rings (SSSR count). The predicted molar refractivity (Wildman–Crippen MR) is 65.7 cm³/mol. The van der Waals surface area contributed by atoms with E-state index in [4.69, 9.17) is 11.6 Å². The normalized spacial score (nSPS) is 24.1. The molecule has 1 amide bonds. The largest absolute Gasteiger partial charge is 0.338 e. The van der Waals surface area contributed by atoms with Gasteiger partial charge in [-0.05, 0) is 30.5 Å². The summed E-state index contributed by atoms with van der Waals surface area (Å²) in [6.45, 7) is 3.07. The van der Waals surface area contributed by atoms with Gasteiger partial charge in [-0.3, -0.25) is 4.79 Å². The minimum atomic E-state index is -0.999. The van der Waals surface area contributed by atoms with Gasteiger partial charge in [0.25, 0.3) is 5.91 Å². The molecule has 1 aliphatic rings. The Balaban J connectivity index is 2.14. The minimum Gasteiger partial charge on any atom is -0.338 e. The Morgan fingerprint density at radius 3 is 2.72 bits per heavy atom. The van der Waals surface area contributed by atoms with Crippen molar-refractivity contribution >= 4 is 17.5 Å². The Kier molecular flexibility index (Phi) is 3.85. The lowest BCUT2D eigenvalue weighted by Gasteiger charge is -2.34. The van der Waals surface area contributed by atoms with E-state index < -0.39 is 11.6 Å². The topological polar surface area (TPSA) is 20.3 Å². The Hall–Kier alpha value is -1.16. The highest BCUT2D eigenvalue weighted by atomic mass is 35.5. The first-order chi connectivity index (χ1) is 8.49. The molecule has 0 N–H and O–H groups in total. The molecule has 0 spiro atoms. The molecule has 1 saturated heterocycles. The smallest absolute Gasteiger partial charge is 0.253 e. The lowest BCUT2D eigenvalue weighted by atomic mass is 9.99. The van der Waals surface area contributed by atoms with E-state index in [2.05, 4.69) is 0 Å². The van der Waals surface area contributed by atoms with Crippen molar-refractivity contribution < 1.29 is 13.6 Å². The van der Waals surface area contributed by atoms with Gasteiger partial charge in [0.05, 0.1) is 0 Å². The van der Waals surface area contributed by atoms with Crippen molar-refractivity contribution in [3.63, 3.8) is 0 Å². The van der Waals surface area contributed by atoms with Crippen LogP contribution in [0, 0.1) is 17.6 Å². The fraction of sp³-hybridized carbons (Fsp3) is 0.462. The Bertz CT molecular complexity index is 466. The molecule has 98 valence electrons. The van der Waals surface area contributed by atoms with Gasteiger partial charge in [-0.1, -0.05) is 6.92 Å². The minimum absolute atomic E-state index is 0.0685. The summed E-state index contributed by atoms with van der Waals surface area (Å²) in [5.74, 6) is -2.01. The third kappa shape index (κ3) is 2.64. The number of amides is 1. The number of carbonyl (C=O) groups is 1. The maximum Gasteiger partial charge on any atom is 0.253 e. The maximum atomic E-state index is 13.1. The second-order valence-electron chi connectivity index (χ2n) is 4.66. The molecule has 1 heterocycles. The van der Waals surface area contributed by atoms with Crippen LogP contribution >= 0.6 is 11.6 Å². The molecule has 2 nitrogen and oxygen atoms in total. The Morgan fingerprint density at radius 1 is 1.39 bits per heavy atom. The van der Waals surface area contributed by atoms with Gasteiger partial charge in [-0.25, -0.2) is 8.78 Å². The van der Waals surface area contributed by atoms with Gasteiger partial charge in [0.1, 0.15) is 0 Å². The summed E-state index contributed by atoms with van der Waals surface area (Å²) in [6.07, 6.45) is 0.720. The quantitative estimate of drug-likeness (QED) is 0.720. The summed E-state index contributed by atoms with van der Waals surface area (Å²) in [5, 5.41) is 0.0685. The molecule has 18 heavy (non-hydrogen) atoms. The third-order valence-electron chi connectivity index (χ3n) is 3.25. The van der Waals surface area contributed by atoms with Crippen LogP contribution in [0.5, 0.6) is 0 Å². The molecule has 2 atom stereocenters. The number of benzene rings is 1. The van der Waals surface area contributed by atoms with Crippen molar-refractivity contribution in [1.82, 2.24) is 4.90 Å². The summed E-state index contributed by atoms with van der Waals surface area (Å²) >= 11 is 6.08. The summed E-state index contributed by atoms with van der Waals surface area (Å²) in [7, 11) is 0. The van der Waals surface area contributed by atoms with Crippen molar-refractivity contribution in [2.75, 3.05) is 13.1 Å². The highest BCUT2D eigenvalue weighted by Gasteiger charge is 2.28. The second kappa shape index (κ2) is 5.22. The zero-order chi connectivity index (χ0) is 13.3. The average molecular weight is 274 g/mol. The first-order valence-electron chi connectivity index (χ1n) is 5.87. The van der Waals surface area contributed by atoms with E-state index in [0.29, 0.717) is 13.1 Å². The molecule has 0 saturated carbocycles. The van der Waals surface area contributed by atoms with E-state index in [1.54, 1.807) is 4.90 Å². The first kappa shape index (κ1) is 13.3. The van der Waals surface area contributed by atoms with E-state index in [1.165, 1.54) is 6.07 Å². The molecule has 2 unspecified atom stereocenters. The highest BCUT2D eigenvalue weighted by Crippen LogP contribution is 2.23. The second-order valence-corrected chi connectivity index (χ2v) is 5.22. The van der Waals surface area contributed by atoms with Crippen LogP contribution < -0.4 is 0 Å². The Morgan fingerprint density at radius 2 is 2.11 bits per heavy atom. The fourth-order valence-electron chi connectivity index (χ4n) is 2.11. The molecule has 0 aliphatic carbocycles. The SMILES string of the molecule is CC1CN(C(=O)c2ccc(F)c(F)c2)CCC1Cl. The van der Waals surface area contributed by atoms with Crippen LogP contribution in [0.2, 0.25) is 0 Å². The molecule has 1 aliphatic heterocycles. The molecule has 1 aromatic rings. The molecule has 0 aromatic heterocycles. The van der Waals surface area contributed by atoms with E-state index in [1.807, 2.05) is 6.92 Å². The monoisotopic (exact) mass is 273 g/mol. The van der Waals surface area contributed by atoms with Gasteiger partial charge in [0, 0.05) is 24.0 Å². The summed E-state index contributed by atoms with van der Waals surface area (Å²) in [6, 6.07) is 3.22. The fourth-order valence-corrected chi connectivity index (χ4v) is 2.29. The lowest BCUT2D eigenvalue weighted by molar-refractivity contribution is 0.0686. The van der Waals surface area contributed by atoms with E-state index in [0.717, 1.165) is 18.6 Å². The van der Waals surface area contributed by atoms with Crippen molar-refractivity contribution in [3.05, 3.63) is 35.4 Å². The molecule has 1 aromatic carbocycles. The van der Waals surface area contributed by atoms with E-state index in [-0.39, 0.29) is 22.8 Å². The van der Waals surface area contributed by atoms with Gasteiger partial charge in [-0.2, -0.15) is 0 Å². The highest BCUT2D eigenvalue weighted by molar-refractivity contribution is 6.20. The predicted octanol–water partition coefficient (Wildman–Crippen LogP) is 3.05. The maximum absolute atomic E-state index is 13.1. The average Bonchev–Trinajstić information content (AvgIpc) is 2.35. The number of piperidine rings is 1.